The molecule has 1 aromatic carbocycles. The molecule has 2 saturated heterocycles. The Kier molecular flexibility index (Phi) is 5.75. The van der Waals surface area contributed by atoms with Gasteiger partial charge in [-0.05, 0) is 30.9 Å². The van der Waals surface area contributed by atoms with Gasteiger partial charge in [0, 0.05) is 31.8 Å². The maximum absolute atomic E-state index is 13.7. The number of carbonyl (C=O) groups is 2. The van der Waals surface area contributed by atoms with Crippen LogP contribution in [0.15, 0.2) is 24.3 Å². The second-order valence-electron chi connectivity index (χ2n) is 7.34. The van der Waals surface area contributed by atoms with E-state index in [1.807, 2.05) is 16.7 Å². The van der Waals surface area contributed by atoms with Crippen LogP contribution in [0.25, 0.3) is 0 Å². The van der Waals surface area contributed by atoms with Gasteiger partial charge in [-0.2, -0.15) is 0 Å². The van der Waals surface area contributed by atoms with Crippen molar-refractivity contribution in [2.24, 2.45) is 5.92 Å². The molecule has 0 unspecified atom stereocenters. The van der Waals surface area contributed by atoms with Crippen LogP contribution in [0, 0.1) is 11.7 Å². The molecular formula is C19H26FN3O2S. The number of para-hydroxylation sites is 1. The fraction of sp³-hybridized carbons (Fsp3) is 0.579. The Morgan fingerprint density at radius 2 is 1.92 bits per heavy atom. The molecule has 0 saturated carbocycles. The van der Waals surface area contributed by atoms with Crippen molar-refractivity contribution in [2.75, 3.05) is 30.7 Å². The Morgan fingerprint density at radius 3 is 2.58 bits per heavy atom. The third-order valence-electron chi connectivity index (χ3n) is 5.01. The third-order valence-corrected chi connectivity index (χ3v) is 6.56. The quantitative estimate of drug-likeness (QED) is 0.870. The lowest BCUT2D eigenvalue weighted by molar-refractivity contribution is -0.135. The van der Waals surface area contributed by atoms with Gasteiger partial charge in [0.15, 0.2) is 0 Å². The molecule has 0 bridgehead atoms. The molecule has 1 aromatic rings. The largest absolute Gasteiger partial charge is 0.327 e. The van der Waals surface area contributed by atoms with Gasteiger partial charge in [0.25, 0.3) is 0 Å². The summed E-state index contributed by atoms with van der Waals surface area (Å²) in [6, 6.07) is 5.88. The van der Waals surface area contributed by atoms with Gasteiger partial charge in [-0.15, -0.1) is 11.8 Å². The van der Waals surface area contributed by atoms with E-state index in [1.165, 1.54) is 6.07 Å². The molecule has 2 heterocycles. The molecule has 0 atom stereocenters. The minimum absolute atomic E-state index is 0.180. The van der Waals surface area contributed by atoms with Crippen LogP contribution in [0.3, 0.4) is 0 Å². The van der Waals surface area contributed by atoms with Gasteiger partial charge < -0.3 is 15.1 Å². The minimum Gasteiger partial charge on any atom is -0.327 e. The number of likely N-dealkylation sites (tertiary alicyclic amines) is 1. The van der Waals surface area contributed by atoms with Crippen molar-refractivity contribution in [1.82, 2.24) is 9.80 Å². The SMILES string of the molecule is CC(C)CC(=O)N1CCSC12CCN(C(=O)Nc1ccccc1F)CC2. The monoisotopic (exact) mass is 379 g/mol. The number of rotatable bonds is 3. The second kappa shape index (κ2) is 7.86. The van der Waals surface area contributed by atoms with E-state index in [4.69, 9.17) is 0 Å². The van der Waals surface area contributed by atoms with E-state index in [-0.39, 0.29) is 22.5 Å². The molecule has 26 heavy (non-hydrogen) atoms. The van der Waals surface area contributed by atoms with Crippen LogP contribution in [0.4, 0.5) is 14.9 Å². The first kappa shape index (κ1) is 19.0. The summed E-state index contributed by atoms with van der Waals surface area (Å²) in [6.07, 6.45) is 2.08. The Labute approximate surface area is 158 Å². The van der Waals surface area contributed by atoms with Crippen LogP contribution in [0.1, 0.15) is 33.1 Å². The first-order valence-corrected chi connectivity index (χ1v) is 10.1. The average Bonchev–Trinajstić information content (AvgIpc) is 3.00. The molecule has 3 amide bonds. The number of carbonyl (C=O) groups excluding carboxylic acids is 2. The molecule has 0 radical (unpaired) electrons. The molecule has 142 valence electrons. The van der Waals surface area contributed by atoms with E-state index in [0.29, 0.717) is 25.4 Å². The zero-order chi connectivity index (χ0) is 18.7. The number of amides is 3. The summed E-state index contributed by atoms with van der Waals surface area (Å²) in [6.45, 7) is 6.04. The summed E-state index contributed by atoms with van der Waals surface area (Å²) in [5, 5.41) is 2.64. The highest BCUT2D eigenvalue weighted by Crippen LogP contribution is 2.44. The highest BCUT2D eigenvalue weighted by molar-refractivity contribution is 8.00. The summed E-state index contributed by atoms with van der Waals surface area (Å²) in [5.74, 6) is 1.07. The van der Waals surface area contributed by atoms with E-state index >= 15 is 0 Å². The van der Waals surface area contributed by atoms with E-state index in [2.05, 4.69) is 19.2 Å². The molecule has 0 aromatic heterocycles. The number of halogens is 1. The number of thioether (sulfide) groups is 1. The molecule has 2 fully saturated rings. The molecule has 0 aliphatic carbocycles. The van der Waals surface area contributed by atoms with Crippen molar-refractivity contribution in [3.8, 4) is 0 Å². The standard InChI is InChI=1S/C19H26FN3O2S/c1-14(2)13-17(24)23-11-12-26-19(23)7-9-22(10-8-19)18(25)21-16-6-4-3-5-15(16)20/h3-6,14H,7-13H2,1-2H3,(H,21,25). The number of nitrogens with one attached hydrogen (secondary N) is 1. The van der Waals surface area contributed by atoms with Crippen LogP contribution < -0.4 is 5.32 Å². The summed E-state index contributed by atoms with van der Waals surface area (Å²) in [7, 11) is 0. The lowest BCUT2D eigenvalue weighted by atomic mass is 10.0. The topological polar surface area (TPSA) is 52.7 Å². The number of benzene rings is 1. The fourth-order valence-electron chi connectivity index (χ4n) is 3.65. The first-order valence-electron chi connectivity index (χ1n) is 9.16. The maximum atomic E-state index is 13.7. The molecule has 1 spiro atoms. The van der Waals surface area contributed by atoms with Gasteiger partial charge in [0.1, 0.15) is 5.82 Å². The number of hydrogen-bond donors (Lipinski definition) is 1. The molecule has 7 heteroatoms. The Morgan fingerprint density at radius 1 is 1.23 bits per heavy atom. The van der Waals surface area contributed by atoms with Crippen molar-refractivity contribution in [3.63, 3.8) is 0 Å². The van der Waals surface area contributed by atoms with Crippen LogP contribution in [-0.4, -0.2) is 52.0 Å². The molecule has 3 rings (SSSR count). The zero-order valence-electron chi connectivity index (χ0n) is 15.3. The fourth-order valence-corrected chi connectivity index (χ4v) is 5.12. The highest BCUT2D eigenvalue weighted by Gasteiger charge is 2.46. The molecule has 2 aliphatic heterocycles. The Bertz CT molecular complexity index is 675. The third kappa shape index (κ3) is 3.98. The van der Waals surface area contributed by atoms with Crippen molar-refractivity contribution < 1.29 is 14.0 Å². The van der Waals surface area contributed by atoms with Crippen LogP contribution in [0.2, 0.25) is 0 Å². The summed E-state index contributed by atoms with van der Waals surface area (Å²) in [5.41, 5.74) is 0.196. The van der Waals surface area contributed by atoms with E-state index in [0.717, 1.165) is 25.1 Å². The molecular weight excluding hydrogens is 353 g/mol. The normalized spacial score (nSPS) is 19.2. The highest BCUT2D eigenvalue weighted by atomic mass is 32.2. The van der Waals surface area contributed by atoms with Gasteiger partial charge in [-0.25, -0.2) is 9.18 Å². The second-order valence-corrected chi connectivity index (χ2v) is 8.79. The summed E-state index contributed by atoms with van der Waals surface area (Å²) >= 11 is 1.84. The van der Waals surface area contributed by atoms with E-state index in [1.54, 1.807) is 23.1 Å². The number of nitrogens with zero attached hydrogens (tertiary/aromatic N) is 2. The summed E-state index contributed by atoms with van der Waals surface area (Å²) in [4.78, 5) is 28.6. The van der Waals surface area contributed by atoms with Crippen LogP contribution in [0.5, 0.6) is 0 Å². The predicted molar refractivity (Wildman–Crippen MR) is 103 cm³/mol. The predicted octanol–water partition coefficient (Wildman–Crippen LogP) is 3.77. The molecule has 5 nitrogen and oxygen atoms in total. The van der Waals surface area contributed by atoms with Gasteiger partial charge in [0.2, 0.25) is 5.91 Å². The van der Waals surface area contributed by atoms with Crippen LogP contribution in [-0.2, 0) is 4.79 Å². The van der Waals surface area contributed by atoms with Crippen molar-refractivity contribution >= 4 is 29.4 Å². The van der Waals surface area contributed by atoms with Gasteiger partial charge in [-0.3, -0.25) is 4.79 Å². The van der Waals surface area contributed by atoms with Gasteiger partial charge in [0.05, 0.1) is 10.6 Å². The van der Waals surface area contributed by atoms with Crippen molar-refractivity contribution in [1.29, 1.82) is 0 Å². The van der Waals surface area contributed by atoms with Gasteiger partial charge in [-0.1, -0.05) is 26.0 Å². The van der Waals surface area contributed by atoms with Crippen molar-refractivity contribution in [2.45, 2.75) is 38.0 Å². The number of piperidine rings is 1. The zero-order valence-corrected chi connectivity index (χ0v) is 16.2. The van der Waals surface area contributed by atoms with Crippen molar-refractivity contribution in [3.05, 3.63) is 30.1 Å². The molecule has 2 aliphatic rings. The maximum Gasteiger partial charge on any atom is 0.321 e. The number of anilines is 1. The smallest absolute Gasteiger partial charge is 0.321 e. The molecule has 1 N–H and O–H groups in total. The summed E-state index contributed by atoms with van der Waals surface area (Å²) < 4.78 is 13.7. The van der Waals surface area contributed by atoms with Crippen LogP contribution >= 0.6 is 11.8 Å². The van der Waals surface area contributed by atoms with E-state index in [9.17, 15) is 14.0 Å². The Balaban J connectivity index is 1.60. The lowest BCUT2D eigenvalue weighted by Crippen LogP contribution is -2.54. The lowest BCUT2D eigenvalue weighted by Gasteiger charge is -2.44. The number of urea groups is 1. The van der Waals surface area contributed by atoms with Gasteiger partial charge >= 0.3 is 6.03 Å². The Hall–Kier alpha value is -1.76. The first-order chi connectivity index (χ1) is 12.4. The average molecular weight is 380 g/mol. The van der Waals surface area contributed by atoms with E-state index < -0.39 is 5.82 Å². The number of hydrogen-bond acceptors (Lipinski definition) is 3. The minimum atomic E-state index is -0.439.